The van der Waals surface area contributed by atoms with Crippen molar-refractivity contribution in [1.82, 2.24) is 15.0 Å². The predicted molar refractivity (Wildman–Crippen MR) is 135 cm³/mol. The van der Waals surface area contributed by atoms with E-state index in [1.54, 1.807) is 0 Å². The minimum atomic E-state index is 0. The molecule has 0 aliphatic rings. The minimum absolute atomic E-state index is 0. The normalized spacial score (nSPS) is 10.3. The summed E-state index contributed by atoms with van der Waals surface area (Å²) in [4.78, 5) is 13.1. The van der Waals surface area contributed by atoms with Gasteiger partial charge < -0.3 is 4.98 Å². The average molecular weight is 616 g/mol. The SMILES string of the molecule is Cc1cnc(-c2[c-]ccc(-c3ccccc3)c2)nc1.[Ir].[c-]1cccc2ccc3cccnc3c12. The van der Waals surface area contributed by atoms with Gasteiger partial charge in [0.2, 0.25) is 0 Å². The Morgan fingerprint density at radius 3 is 2.24 bits per heavy atom. The molecule has 0 aliphatic carbocycles. The van der Waals surface area contributed by atoms with Crippen LogP contribution in [0, 0.1) is 19.1 Å². The van der Waals surface area contributed by atoms with Crippen LogP contribution < -0.4 is 0 Å². The van der Waals surface area contributed by atoms with E-state index >= 15 is 0 Å². The molecule has 0 N–H and O–H groups in total. The molecular weight excluding hydrogens is 595 g/mol. The van der Waals surface area contributed by atoms with Gasteiger partial charge in [-0.3, -0.25) is 9.97 Å². The summed E-state index contributed by atoms with van der Waals surface area (Å²) in [5, 5.41) is 3.46. The molecule has 0 bridgehead atoms. The van der Waals surface area contributed by atoms with E-state index in [1.165, 1.54) is 16.3 Å². The molecule has 0 aliphatic heterocycles. The fourth-order valence-electron chi connectivity index (χ4n) is 3.67. The molecule has 0 amide bonds. The third kappa shape index (κ3) is 5.26. The Balaban J connectivity index is 0.000000163. The molecular formula is C30H21IrN3-2. The molecule has 0 spiro atoms. The number of pyridine rings is 1. The average Bonchev–Trinajstić information content (AvgIpc) is 2.90. The van der Waals surface area contributed by atoms with Crippen molar-refractivity contribution in [3.8, 4) is 22.5 Å². The van der Waals surface area contributed by atoms with E-state index in [2.05, 4.69) is 69.5 Å². The van der Waals surface area contributed by atoms with Crippen LogP contribution in [0.15, 0.2) is 110 Å². The Hall–Kier alpha value is -3.72. The molecule has 167 valence electrons. The Morgan fingerprint density at radius 2 is 1.41 bits per heavy atom. The van der Waals surface area contributed by atoms with Crippen LogP contribution in [0.25, 0.3) is 44.2 Å². The number of aromatic nitrogens is 3. The number of hydrogen-bond donors (Lipinski definition) is 0. The molecule has 1 radical (unpaired) electrons. The summed E-state index contributed by atoms with van der Waals surface area (Å²) in [6.07, 6.45) is 5.47. The predicted octanol–water partition coefficient (Wildman–Crippen LogP) is 7.10. The third-order valence-electron chi connectivity index (χ3n) is 5.34. The quantitative estimate of drug-likeness (QED) is 0.154. The number of fused-ring (bicyclic) bond motifs is 3. The van der Waals surface area contributed by atoms with E-state index in [9.17, 15) is 0 Å². The third-order valence-corrected chi connectivity index (χ3v) is 5.34. The topological polar surface area (TPSA) is 38.7 Å². The molecule has 3 nitrogen and oxygen atoms in total. The second kappa shape index (κ2) is 10.9. The van der Waals surface area contributed by atoms with Crippen LogP contribution in [0.3, 0.4) is 0 Å². The van der Waals surface area contributed by atoms with E-state index in [0.29, 0.717) is 5.82 Å². The van der Waals surface area contributed by atoms with Gasteiger partial charge in [0, 0.05) is 38.7 Å². The van der Waals surface area contributed by atoms with Gasteiger partial charge in [0.25, 0.3) is 0 Å². The van der Waals surface area contributed by atoms with Crippen LogP contribution >= 0.6 is 0 Å². The first-order chi connectivity index (χ1) is 16.3. The molecule has 0 atom stereocenters. The smallest absolute Gasteiger partial charge is 0.0748 e. The molecule has 34 heavy (non-hydrogen) atoms. The number of aryl methyl sites for hydroxylation is 1. The van der Waals surface area contributed by atoms with E-state index in [4.69, 9.17) is 0 Å². The molecule has 2 heterocycles. The molecule has 2 aromatic heterocycles. The molecule has 0 saturated heterocycles. The van der Waals surface area contributed by atoms with Crippen LogP contribution in [-0.2, 0) is 20.1 Å². The van der Waals surface area contributed by atoms with Gasteiger partial charge in [0.05, 0.1) is 5.82 Å². The summed E-state index contributed by atoms with van der Waals surface area (Å²) in [6.45, 7) is 1.98. The Morgan fingerprint density at radius 1 is 0.647 bits per heavy atom. The molecule has 4 heteroatoms. The van der Waals surface area contributed by atoms with Crippen molar-refractivity contribution in [1.29, 1.82) is 0 Å². The molecule has 6 aromatic rings. The Kier molecular flexibility index (Phi) is 7.54. The maximum Gasteiger partial charge on any atom is 0.0748 e. The van der Waals surface area contributed by atoms with Crippen molar-refractivity contribution in [2.45, 2.75) is 6.92 Å². The standard InChI is InChI=1S/C17H13N2.C13H8N.Ir/c1-13-11-18-17(19-12-13)16-9-5-8-15(10-16)14-6-3-2-4-7-14;1-2-6-12-10(4-1)7-8-11-5-3-9-14-13(11)12;/h2-8,10-12H,1H3;1-5,7-9H;/q2*-1;. The molecule has 0 saturated carbocycles. The van der Waals surface area contributed by atoms with Crippen LogP contribution in [0.2, 0.25) is 0 Å². The number of hydrogen-bond acceptors (Lipinski definition) is 3. The van der Waals surface area contributed by atoms with Crippen molar-refractivity contribution in [2.75, 3.05) is 0 Å². The first-order valence-corrected chi connectivity index (χ1v) is 10.8. The van der Waals surface area contributed by atoms with Gasteiger partial charge in [-0.1, -0.05) is 48.5 Å². The van der Waals surface area contributed by atoms with E-state index < -0.39 is 0 Å². The summed E-state index contributed by atoms with van der Waals surface area (Å²) < 4.78 is 0. The van der Waals surface area contributed by atoms with Gasteiger partial charge in [-0.15, -0.1) is 70.4 Å². The fourth-order valence-corrected chi connectivity index (χ4v) is 3.67. The zero-order valence-corrected chi connectivity index (χ0v) is 21.0. The summed E-state index contributed by atoms with van der Waals surface area (Å²) in [5.74, 6) is 0.711. The van der Waals surface area contributed by atoms with Gasteiger partial charge in [0.15, 0.2) is 0 Å². The van der Waals surface area contributed by atoms with Crippen LogP contribution in [0.5, 0.6) is 0 Å². The first kappa shape index (κ1) is 23.4. The Bertz CT molecular complexity index is 1460. The Labute approximate surface area is 212 Å². The van der Waals surface area contributed by atoms with Crippen LogP contribution in [0.4, 0.5) is 0 Å². The molecule has 4 aromatic carbocycles. The van der Waals surface area contributed by atoms with Gasteiger partial charge in [0.1, 0.15) is 0 Å². The van der Waals surface area contributed by atoms with Crippen LogP contribution in [-0.4, -0.2) is 15.0 Å². The number of nitrogens with zero attached hydrogens (tertiary/aromatic N) is 3. The van der Waals surface area contributed by atoms with Crippen molar-refractivity contribution in [2.24, 2.45) is 0 Å². The van der Waals surface area contributed by atoms with Gasteiger partial charge in [-0.2, -0.15) is 0 Å². The second-order valence-corrected chi connectivity index (χ2v) is 7.72. The van der Waals surface area contributed by atoms with Crippen molar-refractivity contribution in [3.05, 3.63) is 127 Å². The fraction of sp³-hybridized carbons (Fsp3) is 0.0333. The summed E-state index contributed by atoms with van der Waals surface area (Å²) in [6, 6.07) is 37.0. The van der Waals surface area contributed by atoms with Crippen molar-refractivity contribution in [3.63, 3.8) is 0 Å². The largest absolute Gasteiger partial charge is 0.304 e. The molecule has 0 unspecified atom stereocenters. The zero-order chi connectivity index (χ0) is 22.5. The zero-order valence-electron chi connectivity index (χ0n) is 18.6. The maximum atomic E-state index is 4.38. The van der Waals surface area contributed by atoms with Gasteiger partial charge >= 0.3 is 0 Å². The second-order valence-electron chi connectivity index (χ2n) is 7.72. The van der Waals surface area contributed by atoms with E-state index in [-0.39, 0.29) is 20.1 Å². The minimum Gasteiger partial charge on any atom is -0.304 e. The molecule has 0 fully saturated rings. The number of rotatable bonds is 2. The summed E-state index contributed by atoms with van der Waals surface area (Å²) in [7, 11) is 0. The van der Waals surface area contributed by atoms with E-state index in [1.807, 2.05) is 74.0 Å². The summed E-state index contributed by atoms with van der Waals surface area (Å²) in [5.41, 5.74) is 5.35. The van der Waals surface area contributed by atoms with E-state index in [0.717, 1.165) is 27.6 Å². The van der Waals surface area contributed by atoms with Crippen molar-refractivity contribution >= 4 is 21.7 Å². The van der Waals surface area contributed by atoms with Crippen LogP contribution in [0.1, 0.15) is 5.56 Å². The monoisotopic (exact) mass is 616 g/mol. The van der Waals surface area contributed by atoms with Gasteiger partial charge in [-0.05, 0) is 35.0 Å². The maximum absolute atomic E-state index is 4.38. The number of benzene rings is 4. The first-order valence-electron chi connectivity index (χ1n) is 10.8. The van der Waals surface area contributed by atoms with Gasteiger partial charge in [-0.25, -0.2) is 0 Å². The summed E-state index contributed by atoms with van der Waals surface area (Å²) >= 11 is 0. The van der Waals surface area contributed by atoms with Crippen molar-refractivity contribution < 1.29 is 20.1 Å². The molecule has 6 rings (SSSR count).